The fourth-order valence-corrected chi connectivity index (χ4v) is 8.40. The maximum absolute atomic E-state index is 10.6. The maximum Gasteiger partial charge on any atom is 0.181 e. The Kier molecular flexibility index (Phi) is 3.33. The first-order chi connectivity index (χ1) is 12.9. The lowest BCUT2D eigenvalue weighted by Crippen LogP contribution is -2.61. The first kappa shape index (κ1) is 17.4. The van der Waals surface area contributed by atoms with Crippen molar-refractivity contribution >= 4 is 0 Å². The molecule has 0 amide bonds. The summed E-state index contributed by atoms with van der Waals surface area (Å²) in [6, 6.07) is 0. The van der Waals surface area contributed by atoms with Crippen LogP contribution in [-0.4, -0.2) is 49.2 Å². The molecule has 3 heterocycles. The molecule has 0 aromatic heterocycles. The SMILES string of the molecule is CO[C@H]1CC[C@@]2(CO)C(=CC[C@@H]3[C@@H]2CC[C@]2(C)[C@@H]4[C@H]5CO[C@]4(C)O[C@@]32O5)C1. The molecule has 5 nitrogen and oxygen atoms in total. The Bertz CT molecular complexity index is 707. The smallest absolute Gasteiger partial charge is 0.181 e. The Morgan fingerprint density at radius 1 is 1.22 bits per heavy atom. The van der Waals surface area contributed by atoms with Crippen LogP contribution in [0.1, 0.15) is 52.4 Å². The van der Waals surface area contributed by atoms with E-state index in [1.165, 1.54) is 5.57 Å². The van der Waals surface area contributed by atoms with Gasteiger partial charge in [0.2, 0.25) is 0 Å². The molecule has 27 heavy (non-hydrogen) atoms. The Morgan fingerprint density at radius 3 is 2.81 bits per heavy atom. The molecule has 6 aliphatic rings. The highest BCUT2D eigenvalue weighted by Crippen LogP contribution is 2.75. The summed E-state index contributed by atoms with van der Waals surface area (Å²) in [7, 11) is 1.81. The van der Waals surface area contributed by atoms with Gasteiger partial charge in [-0.1, -0.05) is 18.6 Å². The van der Waals surface area contributed by atoms with Crippen LogP contribution in [0.25, 0.3) is 0 Å². The second-order valence-electron chi connectivity index (χ2n) is 10.3. The summed E-state index contributed by atoms with van der Waals surface area (Å²) in [6.07, 6.45) is 9.04. The minimum Gasteiger partial charge on any atom is -0.395 e. The molecule has 0 aromatic rings. The predicted molar refractivity (Wildman–Crippen MR) is 97.7 cm³/mol. The van der Waals surface area contributed by atoms with E-state index in [0.29, 0.717) is 24.4 Å². The van der Waals surface area contributed by atoms with E-state index in [0.717, 1.165) is 38.5 Å². The Labute approximate surface area is 161 Å². The first-order valence-corrected chi connectivity index (χ1v) is 10.8. The van der Waals surface area contributed by atoms with Gasteiger partial charge in [-0.25, -0.2) is 0 Å². The molecule has 1 N–H and O–H groups in total. The predicted octanol–water partition coefficient (Wildman–Crippen LogP) is 3.01. The van der Waals surface area contributed by atoms with E-state index < -0.39 is 11.6 Å². The van der Waals surface area contributed by atoms with E-state index in [9.17, 15) is 5.11 Å². The summed E-state index contributed by atoms with van der Waals surface area (Å²) < 4.78 is 25.2. The van der Waals surface area contributed by atoms with Crippen molar-refractivity contribution in [2.24, 2.45) is 28.6 Å². The van der Waals surface area contributed by atoms with Gasteiger partial charge >= 0.3 is 0 Å². The molecule has 3 saturated heterocycles. The van der Waals surface area contributed by atoms with Crippen molar-refractivity contribution in [1.29, 1.82) is 0 Å². The van der Waals surface area contributed by atoms with Crippen LogP contribution in [0.2, 0.25) is 0 Å². The van der Waals surface area contributed by atoms with Crippen LogP contribution in [-0.2, 0) is 18.9 Å². The topological polar surface area (TPSA) is 57.2 Å². The van der Waals surface area contributed by atoms with Crippen molar-refractivity contribution in [2.75, 3.05) is 20.3 Å². The third kappa shape index (κ3) is 1.77. The minimum atomic E-state index is -0.557. The van der Waals surface area contributed by atoms with Gasteiger partial charge in [-0.15, -0.1) is 0 Å². The molecule has 3 aliphatic heterocycles. The van der Waals surface area contributed by atoms with Gasteiger partial charge in [-0.2, -0.15) is 0 Å². The number of ether oxygens (including phenoxy) is 4. The lowest BCUT2D eigenvalue weighted by molar-refractivity contribution is -0.359. The number of fused-ring (bicyclic) bond motifs is 3. The Balaban J connectivity index is 1.44. The second-order valence-corrected chi connectivity index (χ2v) is 10.3. The molecule has 2 bridgehead atoms. The van der Waals surface area contributed by atoms with Crippen LogP contribution in [0.3, 0.4) is 0 Å². The summed E-state index contributed by atoms with van der Waals surface area (Å²) in [4.78, 5) is 0. The summed E-state index contributed by atoms with van der Waals surface area (Å²) >= 11 is 0. The van der Waals surface area contributed by atoms with Crippen LogP contribution in [0.15, 0.2) is 11.6 Å². The fourth-order valence-electron chi connectivity index (χ4n) is 8.40. The van der Waals surface area contributed by atoms with Crippen LogP contribution in [0.5, 0.6) is 0 Å². The molecule has 9 atom stereocenters. The van der Waals surface area contributed by atoms with Gasteiger partial charge in [0.05, 0.1) is 31.3 Å². The van der Waals surface area contributed by atoms with E-state index in [2.05, 4.69) is 19.9 Å². The van der Waals surface area contributed by atoms with Crippen LogP contribution in [0.4, 0.5) is 0 Å². The third-order valence-corrected chi connectivity index (χ3v) is 9.53. The quantitative estimate of drug-likeness (QED) is 0.751. The van der Waals surface area contributed by atoms with Crippen LogP contribution >= 0.6 is 0 Å². The number of allylic oxidation sites excluding steroid dienone is 1. The fraction of sp³-hybridized carbons (Fsp3) is 0.909. The zero-order valence-corrected chi connectivity index (χ0v) is 16.7. The monoisotopic (exact) mass is 376 g/mol. The molecule has 5 heteroatoms. The largest absolute Gasteiger partial charge is 0.395 e. The molecular weight excluding hydrogens is 344 g/mol. The summed E-state index contributed by atoms with van der Waals surface area (Å²) in [5, 5.41) is 10.6. The normalized spacial score (nSPS) is 60.6. The highest BCUT2D eigenvalue weighted by Gasteiger charge is 2.83. The van der Waals surface area contributed by atoms with Crippen molar-refractivity contribution in [2.45, 2.75) is 76.2 Å². The van der Waals surface area contributed by atoms with E-state index >= 15 is 0 Å². The Hall–Kier alpha value is -0.460. The van der Waals surface area contributed by atoms with E-state index in [-0.39, 0.29) is 29.6 Å². The molecule has 0 radical (unpaired) electrons. The summed E-state index contributed by atoms with van der Waals surface area (Å²) in [5.74, 6) is -0.0313. The molecular formula is C22H32O5. The standard InChI is InChI=1S/C22H32O5/c1-19-8-7-15-16(22(19)26-17-11-25-20(2,27-22)18(17)19)5-4-13-10-14(24-3)6-9-21(13,15)12-23/h4,14-18,23H,5-12H2,1-3H3/t14-,15-,16+,17+,18-,19+,20+,21+,22-/m0/s1. The van der Waals surface area contributed by atoms with Gasteiger partial charge in [0, 0.05) is 23.9 Å². The van der Waals surface area contributed by atoms with Crippen molar-refractivity contribution < 1.29 is 24.1 Å². The van der Waals surface area contributed by atoms with Crippen molar-refractivity contribution in [3.63, 3.8) is 0 Å². The van der Waals surface area contributed by atoms with Gasteiger partial charge in [0.15, 0.2) is 11.6 Å². The van der Waals surface area contributed by atoms with Gasteiger partial charge < -0.3 is 24.1 Å². The van der Waals surface area contributed by atoms with Crippen molar-refractivity contribution in [3.8, 4) is 0 Å². The first-order valence-electron chi connectivity index (χ1n) is 10.8. The average molecular weight is 376 g/mol. The van der Waals surface area contributed by atoms with Gasteiger partial charge in [-0.3, -0.25) is 0 Å². The number of aliphatic hydroxyl groups is 1. The van der Waals surface area contributed by atoms with Crippen LogP contribution in [0, 0.1) is 28.6 Å². The molecule has 0 unspecified atom stereocenters. The zero-order chi connectivity index (χ0) is 18.7. The van der Waals surface area contributed by atoms with E-state index in [1.54, 1.807) is 0 Å². The second kappa shape index (κ2) is 5.17. The molecule has 2 saturated carbocycles. The zero-order valence-electron chi connectivity index (χ0n) is 16.7. The molecule has 0 spiro atoms. The number of hydrogen-bond acceptors (Lipinski definition) is 5. The molecule has 3 aliphatic carbocycles. The van der Waals surface area contributed by atoms with Crippen molar-refractivity contribution in [3.05, 3.63) is 11.6 Å². The molecule has 5 fully saturated rings. The average Bonchev–Trinajstić information content (AvgIpc) is 3.15. The third-order valence-electron chi connectivity index (χ3n) is 9.53. The Morgan fingerprint density at radius 2 is 2.07 bits per heavy atom. The van der Waals surface area contributed by atoms with Crippen LogP contribution < -0.4 is 0 Å². The number of aliphatic hydroxyl groups excluding tert-OH is 1. The van der Waals surface area contributed by atoms with E-state index in [4.69, 9.17) is 18.9 Å². The van der Waals surface area contributed by atoms with Crippen molar-refractivity contribution in [1.82, 2.24) is 0 Å². The highest BCUT2D eigenvalue weighted by molar-refractivity contribution is 5.30. The lowest BCUT2D eigenvalue weighted by Gasteiger charge is -2.59. The minimum absolute atomic E-state index is 0.00973. The maximum atomic E-state index is 10.6. The van der Waals surface area contributed by atoms with E-state index in [1.807, 2.05) is 7.11 Å². The summed E-state index contributed by atoms with van der Waals surface area (Å²) in [5.41, 5.74) is 1.31. The van der Waals surface area contributed by atoms with Gasteiger partial charge in [0.25, 0.3) is 0 Å². The molecule has 150 valence electrons. The summed E-state index contributed by atoms with van der Waals surface area (Å²) in [6.45, 7) is 5.37. The molecule has 0 aromatic carbocycles. The number of rotatable bonds is 2. The van der Waals surface area contributed by atoms with Gasteiger partial charge in [0.1, 0.15) is 0 Å². The number of methoxy groups -OCH3 is 1. The lowest BCUT2D eigenvalue weighted by atomic mass is 9.47. The molecule has 6 rings (SSSR count). The number of hydrogen-bond donors (Lipinski definition) is 1. The highest BCUT2D eigenvalue weighted by atomic mass is 16.8. The van der Waals surface area contributed by atoms with Gasteiger partial charge in [-0.05, 0) is 51.4 Å².